The second-order valence-electron chi connectivity index (χ2n) is 4.69. The summed E-state index contributed by atoms with van der Waals surface area (Å²) in [4.78, 5) is 37.1. The van der Waals surface area contributed by atoms with Crippen LogP contribution in [0.1, 0.15) is 66.2 Å². The van der Waals surface area contributed by atoms with E-state index in [1.807, 2.05) is 38.2 Å². The van der Waals surface area contributed by atoms with Gasteiger partial charge in [0, 0.05) is 0 Å². The molecular weight excluding hydrogens is 348 g/mol. The maximum Gasteiger partial charge on any atom is 0.373 e. The van der Waals surface area contributed by atoms with E-state index in [1.54, 1.807) is 0 Å². The highest BCUT2D eigenvalue weighted by Gasteiger charge is 1.92. The van der Waals surface area contributed by atoms with Gasteiger partial charge in [0.25, 0.3) is 0 Å². The molecule has 0 amide bonds. The summed E-state index contributed by atoms with van der Waals surface area (Å²) in [5.74, 6) is -0.362. The van der Waals surface area contributed by atoms with E-state index < -0.39 is 0 Å². The molecule has 0 heterocycles. The third-order valence-electron chi connectivity index (χ3n) is 2.47. The van der Waals surface area contributed by atoms with Gasteiger partial charge >= 0.3 is 18.1 Å². The second-order valence-corrected chi connectivity index (χ2v) is 4.69. The molecule has 0 aliphatic heterocycles. The first-order valence-corrected chi connectivity index (χ1v) is 9.03. The predicted octanol–water partition coefficient (Wildman–Crippen LogP) is 4.81. The van der Waals surface area contributed by atoms with Gasteiger partial charge in [-0.15, -0.1) is 0 Å². The van der Waals surface area contributed by atoms with Gasteiger partial charge in [-0.1, -0.05) is 64.2 Å². The van der Waals surface area contributed by atoms with E-state index in [0.717, 1.165) is 12.8 Å². The molecule has 0 aromatic heterocycles. The first kappa shape index (κ1) is 32.2. The van der Waals surface area contributed by atoms with E-state index in [9.17, 15) is 9.59 Å². The topological polar surface area (TPSA) is 86.7 Å². The Kier molecular flexibility index (Phi) is 41.5. The van der Waals surface area contributed by atoms with Crippen molar-refractivity contribution in [2.75, 3.05) is 14.2 Å². The summed E-state index contributed by atoms with van der Waals surface area (Å²) in [6.45, 7) is 8.33. The maximum atomic E-state index is 10.4. The molecule has 0 fully saturated rings. The molecular formula is C21H36O6. The Morgan fingerprint density at radius 1 is 0.630 bits per heavy atom. The molecule has 0 bridgehead atoms. The molecule has 0 atom stereocenters. The molecule has 0 saturated heterocycles. The number of allylic oxidation sites excluding steroid dienone is 4. The molecule has 0 saturated carbocycles. The summed E-state index contributed by atoms with van der Waals surface area (Å²) in [6.07, 6.45) is 17.2. The van der Waals surface area contributed by atoms with Crippen molar-refractivity contribution in [2.24, 2.45) is 0 Å². The van der Waals surface area contributed by atoms with Crippen molar-refractivity contribution < 1.29 is 28.7 Å². The lowest BCUT2D eigenvalue weighted by Gasteiger charge is -1.90. The third-order valence-corrected chi connectivity index (χ3v) is 2.47. The Morgan fingerprint density at radius 3 is 1.04 bits per heavy atom. The maximum absolute atomic E-state index is 10.4. The molecule has 0 aliphatic rings. The van der Waals surface area contributed by atoms with Gasteiger partial charge in [0.1, 0.15) is 0 Å². The van der Waals surface area contributed by atoms with Gasteiger partial charge in [-0.3, -0.25) is 9.59 Å². The Morgan fingerprint density at radius 2 is 0.852 bits per heavy atom. The molecule has 0 unspecified atom stereocenters. The number of esters is 2. The Balaban J connectivity index is -0.000000139. The minimum absolute atomic E-state index is 0.181. The summed E-state index contributed by atoms with van der Waals surface area (Å²) >= 11 is 0. The summed E-state index contributed by atoms with van der Waals surface area (Å²) in [6, 6.07) is 0. The number of carbonyl (C=O) groups excluding carboxylic acids is 4. The van der Waals surface area contributed by atoms with Crippen LogP contribution in [-0.4, -0.2) is 32.3 Å². The van der Waals surface area contributed by atoms with E-state index >= 15 is 0 Å². The molecule has 0 spiro atoms. The monoisotopic (exact) mass is 384 g/mol. The van der Waals surface area contributed by atoms with Crippen molar-refractivity contribution >= 4 is 18.1 Å². The number of hydrogen-bond donors (Lipinski definition) is 0. The number of hydrogen-bond acceptors (Lipinski definition) is 6. The minimum atomic E-state index is -0.181. The van der Waals surface area contributed by atoms with Crippen molar-refractivity contribution in [2.45, 2.75) is 66.2 Å². The normalized spacial score (nSPS) is 9.26. The number of methoxy groups -OCH3 is 2. The minimum Gasteiger partial charge on any atom is -0.469 e. The molecule has 6 heteroatoms. The molecule has 6 nitrogen and oxygen atoms in total. The molecule has 156 valence electrons. The van der Waals surface area contributed by atoms with Crippen LogP contribution in [-0.2, 0) is 28.7 Å². The largest absolute Gasteiger partial charge is 0.469 e. The summed E-state index contributed by atoms with van der Waals surface area (Å²) in [7, 11) is 2.78. The Labute approximate surface area is 164 Å². The van der Waals surface area contributed by atoms with E-state index in [4.69, 9.17) is 9.59 Å². The van der Waals surface area contributed by atoms with E-state index in [1.165, 1.54) is 27.1 Å². The molecule has 0 N–H and O–H groups in total. The van der Waals surface area contributed by atoms with Gasteiger partial charge in [-0.25, -0.2) is 0 Å². The number of carbonyl (C=O) groups is 2. The zero-order chi connectivity index (χ0) is 21.8. The van der Waals surface area contributed by atoms with Crippen LogP contribution in [0.3, 0.4) is 0 Å². The second kappa shape index (κ2) is 34.8. The molecule has 0 rings (SSSR count). The molecule has 0 radical (unpaired) electrons. The SMILES string of the molecule is CC/C=C\CC.CC/C=C\CC(=O)OC.CC/C=C\CC(=O)OC.O=C=O. The molecule has 0 aromatic carbocycles. The van der Waals surface area contributed by atoms with E-state index in [0.29, 0.717) is 12.8 Å². The van der Waals surface area contributed by atoms with Gasteiger partial charge in [-0.2, -0.15) is 9.59 Å². The standard InChI is InChI=1S/2C7H12O2.C6H12.CO2/c2*1-3-4-5-6-7(8)9-2;1-3-5-6-4-2;2-1-3/h2*4-5H,3,6H2,1-2H3;5-6H,3-4H2,1-2H3;/b2*5-4-;6-5-;. The Hall–Kier alpha value is -2.46. The van der Waals surface area contributed by atoms with Crippen molar-refractivity contribution in [3.63, 3.8) is 0 Å². The third kappa shape index (κ3) is 51.7. The smallest absolute Gasteiger partial charge is 0.373 e. The fourth-order valence-corrected chi connectivity index (χ4v) is 1.19. The van der Waals surface area contributed by atoms with Gasteiger partial charge in [0.05, 0.1) is 27.1 Å². The predicted molar refractivity (Wildman–Crippen MR) is 107 cm³/mol. The highest BCUT2D eigenvalue weighted by atomic mass is 16.5. The molecule has 0 aliphatic carbocycles. The van der Waals surface area contributed by atoms with Gasteiger partial charge in [0.2, 0.25) is 0 Å². The van der Waals surface area contributed by atoms with Crippen LogP contribution in [0.5, 0.6) is 0 Å². The van der Waals surface area contributed by atoms with Crippen LogP contribution >= 0.6 is 0 Å². The van der Waals surface area contributed by atoms with Crippen LogP contribution in [0.25, 0.3) is 0 Å². The van der Waals surface area contributed by atoms with Gasteiger partial charge < -0.3 is 9.47 Å². The molecule has 0 aromatic rings. The molecule has 27 heavy (non-hydrogen) atoms. The van der Waals surface area contributed by atoms with Crippen molar-refractivity contribution in [3.8, 4) is 0 Å². The lowest BCUT2D eigenvalue weighted by atomic mass is 10.3. The Bertz CT molecular complexity index is 396. The van der Waals surface area contributed by atoms with Crippen LogP contribution in [0.2, 0.25) is 0 Å². The van der Waals surface area contributed by atoms with E-state index in [2.05, 4.69) is 35.5 Å². The van der Waals surface area contributed by atoms with Crippen LogP contribution in [0, 0.1) is 0 Å². The van der Waals surface area contributed by atoms with Gasteiger partial charge in [-0.05, 0) is 25.7 Å². The number of rotatable bonds is 8. The van der Waals surface area contributed by atoms with Crippen LogP contribution in [0.15, 0.2) is 36.5 Å². The number of ether oxygens (including phenoxy) is 2. The van der Waals surface area contributed by atoms with Crippen molar-refractivity contribution in [1.29, 1.82) is 0 Å². The average Bonchev–Trinajstić information content (AvgIpc) is 2.68. The first-order chi connectivity index (χ1) is 12.9. The highest BCUT2D eigenvalue weighted by Crippen LogP contribution is 1.88. The fourth-order valence-electron chi connectivity index (χ4n) is 1.19. The lowest BCUT2D eigenvalue weighted by molar-refractivity contribution is -0.191. The summed E-state index contributed by atoms with van der Waals surface area (Å²) < 4.78 is 8.81. The van der Waals surface area contributed by atoms with Gasteiger partial charge in [0.15, 0.2) is 0 Å². The fraction of sp³-hybridized carbons (Fsp3) is 0.571. The summed E-state index contributed by atoms with van der Waals surface area (Å²) in [5, 5.41) is 0. The zero-order valence-electron chi connectivity index (χ0n) is 17.7. The van der Waals surface area contributed by atoms with Crippen LogP contribution < -0.4 is 0 Å². The average molecular weight is 385 g/mol. The zero-order valence-corrected chi connectivity index (χ0v) is 17.7. The first-order valence-electron chi connectivity index (χ1n) is 9.03. The lowest BCUT2D eigenvalue weighted by Crippen LogP contribution is -1.96. The quantitative estimate of drug-likeness (QED) is 0.441. The highest BCUT2D eigenvalue weighted by molar-refractivity contribution is 5.71. The summed E-state index contributed by atoms with van der Waals surface area (Å²) in [5.41, 5.74) is 0. The van der Waals surface area contributed by atoms with Crippen LogP contribution in [0.4, 0.5) is 0 Å². The van der Waals surface area contributed by atoms with Crippen molar-refractivity contribution in [1.82, 2.24) is 0 Å². The van der Waals surface area contributed by atoms with E-state index in [-0.39, 0.29) is 18.1 Å². The van der Waals surface area contributed by atoms with Crippen molar-refractivity contribution in [3.05, 3.63) is 36.5 Å².